The number of carbonyl (C=O) groups is 4. The third-order valence-corrected chi connectivity index (χ3v) is 5.17. The summed E-state index contributed by atoms with van der Waals surface area (Å²) in [6.07, 6.45) is 0.826. The molecule has 2 aromatic rings. The van der Waals surface area contributed by atoms with Crippen molar-refractivity contribution in [2.45, 2.75) is 32.7 Å². The molecule has 3 rings (SSSR count). The lowest BCUT2D eigenvalue weighted by Crippen LogP contribution is -2.41. The fourth-order valence-electron chi connectivity index (χ4n) is 3.31. The van der Waals surface area contributed by atoms with E-state index in [1.54, 1.807) is 25.1 Å². The van der Waals surface area contributed by atoms with E-state index in [0.717, 1.165) is 22.4 Å². The van der Waals surface area contributed by atoms with Crippen molar-refractivity contribution in [3.63, 3.8) is 0 Å². The van der Waals surface area contributed by atoms with Gasteiger partial charge in [0.05, 0.1) is 0 Å². The van der Waals surface area contributed by atoms with Crippen molar-refractivity contribution < 1.29 is 23.9 Å². The van der Waals surface area contributed by atoms with Crippen LogP contribution < -0.4 is 10.6 Å². The summed E-state index contributed by atoms with van der Waals surface area (Å²) in [5, 5.41) is 5.28. The maximum absolute atomic E-state index is 12.9. The third kappa shape index (κ3) is 4.91. The van der Waals surface area contributed by atoms with Crippen LogP contribution in [0.15, 0.2) is 48.5 Å². The second-order valence-electron chi connectivity index (χ2n) is 7.58. The van der Waals surface area contributed by atoms with E-state index in [2.05, 4.69) is 10.6 Å². The van der Waals surface area contributed by atoms with Gasteiger partial charge in [-0.2, -0.15) is 0 Å². The summed E-state index contributed by atoms with van der Waals surface area (Å²) in [6, 6.07) is 13.8. The van der Waals surface area contributed by atoms with E-state index in [9.17, 15) is 19.2 Å². The van der Waals surface area contributed by atoms with Crippen LogP contribution in [0.3, 0.4) is 0 Å². The third-order valence-electron chi connectivity index (χ3n) is 5.17. The highest BCUT2D eigenvalue weighted by Gasteiger charge is 2.49. The van der Waals surface area contributed by atoms with Crippen LogP contribution in [0.2, 0.25) is 0 Å². The summed E-state index contributed by atoms with van der Waals surface area (Å²) in [4.78, 5) is 50.2. The van der Waals surface area contributed by atoms with E-state index < -0.39 is 42.5 Å². The maximum atomic E-state index is 12.9. The molecule has 1 aliphatic rings. The number of ether oxygens (including phenoxy) is 1. The van der Waals surface area contributed by atoms with Gasteiger partial charge < -0.3 is 15.4 Å². The average molecular weight is 423 g/mol. The number of rotatable bonds is 7. The number of esters is 1. The van der Waals surface area contributed by atoms with E-state index in [4.69, 9.17) is 4.74 Å². The average Bonchev–Trinajstić information content (AvgIpc) is 2.96. The number of anilines is 1. The molecular formula is C23H25N3O5. The van der Waals surface area contributed by atoms with Crippen molar-refractivity contribution in [3.05, 3.63) is 65.2 Å². The second-order valence-corrected chi connectivity index (χ2v) is 7.58. The van der Waals surface area contributed by atoms with Crippen molar-refractivity contribution in [3.8, 4) is 0 Å². The minimum absolute atomic E-state index is 0.511. The number of carbonyl (C=O) groups excluding carboxylic acids is 4. The highest BCUT2D eigenvalue weighted by molar-refractivity contribution is 6.09. The number of urea groups is 1. The standard InChI is InChI=1S/C23H25N3O5/c1-4-16-6-5-7-18(12-16)24-19(27)14-31-20(28)13-26-21(29)23(3,25-22(26)30)17-10-8-15(2)9-11-17/h5-12H,4,13-14H2,1-3H3,(H,24,27)(H,25,30)/t23-/m1/s1. The lowest BCUT2D eigenvalue weighted by Gasteiger charge is -2.22. The molecular weight excluding hydrogens is 398 g/mol. The van der Waals surface area contributed by atoms with Crippen molar-refractivity contribution >= 4 is 29.5 Å². The monoisotopic (exact) mass is 423 g/mol. The number of nitrogens with one attached hydrogen (secondary N) is 2. The molecule has 8 nitrogen and oxygen atoms in total. The van der Waals surface area contributed by atoms with Crippen LogP contribution >= 0.6 is 0 Å². The maximum Gasteiger partial charge on any atom is 0.326 e. The lowest BCUT2D eigenvalue weighted by molar-refractivity contribution is -0.150. The molecule has 2 N–H and O–H groups in total. The molecule has 0 saturated carbocycles. The van der Waals surface area contributed by atoms with Gasteiger partial charge in [-0.05, 0) is 43.5 Å². The van der Waals surface area contributed by atoms with Gasteiger partial charge in [-0.25, -0.2) is 4.79 Å². The normalized spacial score (nSPS) is 18.0. The quantitative estimate of drug-likeness (QED) is 0.526. The number of benzene rings is 2. The second kappa shape index (κ2) is 8.99. The molecule has 1 atom stereocenters. The molecule has 31 heavy (non-hydrogen) atoms. The van der Waals surface area contributed by atoms with Crippen molar-refractivity contribution in [2.75, 3.05) is 18.5 Å². The predicted octanol–water partition coefficient (Wildman–Crippen LogP) is 2.51. The summed E-state index contributed by atoms with van der Waals surface area (Å²) < 4.78 is 4.96. The molecule has 1 heterocycles. The zero-order chi connectivity index (χ0) is 22.6. The summed E-state index contributed by atoms with van der Waals surface area (Å²) >= 11 is 0. The van der Waals surface area contributed by atoms with Crippen LogP contribution in [-0.2, 0) is 31.1 Å². The SMILES string of the molecule is CCc1cccc(NC(=O)COC(=O)CN2C(=O)N[C@](C)(c3ccc(C)cc3)C2=O)c1. The number of imide groups is 1. The van der Waals surface area contributed by atoms with Crippen LogP contribution in [0, 0.1) is 6.92 Å². The Labute approximate surface area is 180 Å². The van der Waals surface area contributed by atoms with Crippen molar-refractivity contribution in [1.29, 1.82) is 0 Å². The highest BCUT2D eigenvalue weighted by Crippen LogP contribution is 2.28. The molecule has 2 aromatic carbocycles. The minimum Gasteiger partial charge on any atom is -0.454 e. The van der Waals surface area contributed by atoms with Crippen LogP contribution in [-0.4, -0.2) is 41.9 Å². The van der Waals surface area contributed by atoms with Gasteiger partial charge in [0.1, 0.15) is 12.1 Å². The Morgan fingerprint density at radius 3 is 2.52 bits per heavy atom. The molecule has 1 fully saturated rings. The van der Waals surface area contributed by atoms with Crippen molar-refractivity contribution in [2.24, 2.45) is 0 Å². The number of hydrogen-bond donors (Lipinski definition) is 2. The van der Waals surface area contributed by atoms with Crippen LogP contribution in [0.1, 0.15) is 30.5 Å². The molecule has 0 unspecified atom stereocenters. The van der Waals surface area contributed by atoms with E-state index >= 15 is 0 Å². The molecule has 8 heteroatoms. The van der Waals surface area contributed by atoms with Gasteiger partial charge in [-0.1, -0.05) is 48.9 Å². The summed E-state index contributed by atoms with van der Waals surface area (Å²) in [7, 11) is 0. The number of nitrogens with zero attached hydrogens (tertiary/aromatic N) is 1. The molecule has 0 aromatic heterocycles. The Kier molecular flexibility index (Phi) is 6.39. The predicted molar refractivity (Wildman–Crippen MR) is 114 cm³/mol. The first kappa shape index (κ1) is 22.0. The Hall–Kier alpha value is -3.68. The highest BCUT2D eigenvalue weighted by atomic mass is 16.5. The largest absolute Gasteiger partial charge is 0.454 e. The molecule has 0 spiro atoms. The topological polar surface area (TPSA) is 105 Å². The first-order chi connectivity index (χ1) is 14.7. The van der Waals surface area contributed by atoms with E-state index in [-0.39, 0.29) is 0 Å². The van der Waals surface area contributed by atoms with Gasteiger partial charge in [0.25, 0.3) is 11.8 Å². The summed E-state index contributed by atoms with van der Waals surface area (Å²) in [5.41, 5.74) is 2.02. The molecule has 0 radical (unpaired) electrons. The van der Waals surface area contributed by atoms with E-state index in [1.807, 2.05) is 44.2 Å². The zero-order valence-corrected chi connectivity index (χ0v) is 17.7. The first-order valence-corrected chi connectivity index (χ1v) is 9.98. The number of hydrogen-bond acceptors (Lipinski definition) is 5. The van der Waals surface area contributed by atoms with Crippen molar-refractivity contribution in [1.82, 2.24) is 10.2 Å². The molecule has 1 aliphatic heterocycles. The van der Waals surface area contributed by atoms with E-state index in [0.29, 0.717) is 11.3 Å². The fourth-order valence-corrected chi connectivity index (χ4v) is 3.31. The Balaban J connectivity index is 1.56. The van der Waals surface area contributed by atoms with E-state index in [1.165, 1.54) is 0 Å². The van der Waals surface area contributed by atoms with Gasteiger partial charge in [0.15, 0.2) is 6.61 Å². The summed E-state index contributed by atoms with van der Waals surface area (Å²) in [6.45, 7) is 4.41. The number of amides is 4. The Morgan fingerprint density at radius 2 is 1.84 bits per heavy atom. The van der Waals surface area contributed by atoms with Gasteiger partial charge >= 0.3 is 12.0 Å². The minimum atomic E-state index is -1.27. The molecule has 1 saturated heterocycles. The number of aryl methyl sites for hydroxylation is 2. The van der Waals surface area contributed by atoms with Crippen LogP contribution in [0.4, 0.5) is 10.5 Å². The zero-order valence-electron chi connectivity index (χ0n) is 17.7. The fraction of sp³-hybridized carbons (Fsp3) is 0.304. The van der Waals surface area contributed by atoms with Gasteiger partial charge in [-0.15, -0.1) is 0 Å². The molecule has 162 valence electrons. The van der Waals surface area contributed by atoms with Gasteiger partial charge in [0.2, 0.25) is 0 Å². The Morgan fingerprint density at radius 1 is 1.13 bits per heavy atom. The molecule has 0 aliphatic carbocycles. The first-order valence-electron chi connectivity index (χ1n) is 9.98. The van der Waals surface area contributed by atoms with Gasteiger partial charge in [-0.3, -0.25) is 19.3 Å². The summed E-state index contributed by atoms with van der Waals surface area (Å²) in [5.74, 6) is -1.92. The molecule has 4 amide bonds. The Bertz CT molecular complexity index is 1020. The molecule has 0 bridgehead atoms. The van der Waals surface area contributed by atoms with Gasteiger partial charge in [0, 0.05) is 5.69 Å². The lowest BCUT2D eigenvalue weighted by atomic mass is 9.91. The smallest absolute Gasteiger partial charge is 0.326 e. The van der Waals surface area contributed by atoms with Crippen LogP contribution in [0.25, 0.3) is 0 Å². The van der Waals surface area contributed by atoms with Crippen LogP contribution in [0.5, 0.6) is 0 Å².